The van der Waals surface area contributed by atoms with Gasteiger partial charge >= 0.3 is 0 Å². The van der Waals surface area contributed by atoms with Gasteiger partial charge in [0.15, 0.2) is 5.60 Å². The standard InChI is InChI=1S/C19H27NO2/c1-2-20(15-16-21)14-8-13-19(22,18-11-6-7-12-18)17-9-4-3-5-10-17/h3-5,9-10,18,21-22H,2,6-7,11-12,14-16H2,1H3. The molecule has 1 aromatic carbocycles. The minimum absolute atomic E-state index is 0.140. The Morgan fingerprint density at radius 3 is 2.50 bits per heavy atom. The molecule has 2 N–H and O–H groups in total. The van der Waals surface area contributed by atoms with Crippen molar-refractivity contribution in [3.63, 3.8) is 0 Å². The summed E-state index contributed by atoms with van der Waals surface area (Å²) in [5.74, 6) is 6.53. The van der Waals surface area contributed by atoms with Crippen LogP contribution >= 0.6 is 0 Å². The first-order valence-corrected chi connectivity index (χ1v) is 8.32. The summed E-state index contributed by atoms with van der Waals surface area (Å²) in [5.41, 5.74) is -0.143. The molecule has 0 aliphatic heterocycles. The maximum Gasteiger partial charge on any atom is 0.153 e. The van der Waals surface area contributed by atoms with E-state index in [1.165, 1.54) is 12.8 Å². The number of hydrogen-bond acceptors (Lipinski definition) is 3. The molecular weight excluding hydrogens is 274 g/mol. The highest BCUT2D eigenvalue weighted by molar-refractivity contribution is 5.33. The van der Waals surface area contributed by atoms with Crippen LogP contribution in [0.5, 0.6) is 0 Å². The van der Waals surface area contributed by atoms with Crippen LogP contribution in [0.3, 0.4) is 0 Å². The topological polar surface area (TPSA) is 43.7 Å². The number of aliphatic hydroxyl groups excluding tert-OH is 1. The zero-order valence-corrected chi connectivity index (χ0v) is 13.5. The Balaban J connectivity index is 2.19. The van der Waals surface area contributed by atoms with Crippen molar-refractivity contribution in [2.75, 3.05) is 26.2 Å². The molecule has 0 bridgehead atoms. The van der Waals surface area contributed by atoms with Gasteiger partial charge in [-0.1, -0.05) is 61.9 Å². The lowest BCUT2D eigenvalue weighted by atomic mass is 9.80. The van der Waals surface area contributed by atoms with Crippen molar-refractivity contribution in [2.45, 2.75) is 38.2 Å². The molecule has 1 aromatic rings. The van der Waals surface area contributed by atoms with Gasteiger partial charge in [0, 0.05) is 12.5 Å². The van der Waals surface area contributed by atoms with Crippen LogP contribution < -0.4 is 0 Å². The summed E-state index contributed by atoms with van der Waals surface area (Å²) in [4.78, 5) is 2.08. The highest BCUT2D eigenvalue weighted by atomic mass is 16.3. The van der Waals surface area contributed by atoms with E-state index in [9.17, 15) is 5.11 Å². The molecule has 3 heteroatoms. The summed E-state index contributed by atoms with van der Waals surface area (Å²) in [6, 6.07) is 9.82. The van der Waals surface area contributed by atoms with Crippen LogP contribution in [0.15, 0.2) is 30.3 Å². The van der Waals surface area contributed by atoms with Gasteiger partial charge in [-0.25, -0.2) is 0 Å². The molecule has 3 nitrogen and oxygen atoms in total. The molecule has 1 aliphatic rings. The normalized spacial score (nSPS) is 18.0. The largest absolute Gasteiger partial charge is 0.395 e. The average Bonchev–Trinajstić information content (AvgIpc) is 3.09. The second-order valence-corrected chi connectivity index (χ2v) is 6.01. The van der Waals surface area contributed by atoms with Gasteiger partial charge in [0.1, 0.15) is 0 Å². The molecule has 0 aromatic heterocycles. The molecule has 1 fully saturated rings. The molecule has 1 aliphatic carbocycles. The third-order valence-corrected chi connectivity index (χ3v) is 4.60. The molecule has 120 valence electrons. The molecule has 1 atom stereocenters. The average molecular weight is 301 g/mol. The number of hydrogen-bond donors (Lipinski definition) is 2. The Labute approximate surface area is 134 Å². The summed E-state index contributed by atoms with van der Waals surface area (Å²) in [7, 11) is 0. The lowest BCUT2D eigenvalue weighted by Gasteiger charge is -2.29. The van der Waals surface area contributed by atoms with E-state index in [0.717, 1.165) is 24.9 Å². The number of aliphatic hydroxyl groups is 2. The maximum absolute atomic E-state index is 11.3. The van der Waals surface area contributed by atoms with Crippen LogP contribution in [-0.4, -0.2) is 41.4 Å². The highest BCUT2D eigenvalue weighted by Gasteiger charge is 2.38. The Morgan fingerprint density at radius 2 is 1.91 bits per heavy atom. The SMILES string of the molecule is CCN(CC#CC(O)(c1ccccc1)C1CCCC1)CCO. The van der Waals surface area contributed by atoms with Crippen molar-refractivity contribution in [1.29, 1.82) is 0 Å². The first-order chi connectivity index (χ1) is 10.7. The second kappa shape index (κ2) is 8.33. The van der Waals surface area contributed by atoms with E-state index in [1.807, 2.05) is 30.3 Å². The molecule has 0 radical (unpaired) electrons. The van der Waals surface area contributed by atoms with Crippen LogP contribution in [0.1, 0.15) is 38.2 Å². The molecule has 2 rings (SSSR count). The monoisotopic (exact) mass is 301 g/mol. The van der Waals surface area contributed by atoms with Crippen LogP contribution in [0.25, 0.3) is 0 Å². The predicted octanol–water partition coefficient (Wildman–Crippen LogP) is 2.38. The van der Waals surface area contributed by atoms with E-state index in [2.05, 4.69) is 23.7 Å². The third kappa shape index (κ3) is 4.10. The number of likely N-dealkylation sites (N-methyl/N-ethyl adjacent to an activating group) is 1. The maximum atomic E-state index is 11.3. The van der Waals surface area contributed by atoms with Gasteiger partial charge in [-0.05, 0) is 24.9 Å². The Morgan fingerprint density at radius 1 is 1.23 bits per heavy atom. The highest BCUT2D eigenvalue weighted by Crippen LogP contribution is 2.40. The van der Waals surface area contributed by atoms with Gasteiger partial charge in [-0.15, -0.1) is 0 Å². The van der Waals surface area contributed by atoms with Crippen molar-refractivity contribution < 1.29 is 10.2 Å². The molecule has 22 heavy (non-hydrogen) atoms. The molecule has 0 amide bonds. The number of rotatable bonds is 6. The van der Waals surface area contributed by atoms with E-state index < -0.39 is 5.60 Å². The summed E-state index contributed by atoms with van der Waals surface area (Å²) < 4.78 is 0. The van der Waals surface area contributed by atoms with Gasteiger partial charge < -0.3 is 10.2 Å². The van der Waals surface area contributed by atoms with Gasteiger partial charge in [0.05, 0.1) is 13.2 Å². The fourth-order valence-corrected chi connectivity index (χ4v) is 3.22. The zero-order chi connectivity index (χ0) is 15.8. The number of nitrogens with zero attached hydrogens (tertiary/aromatic N) is 1. The fraction of sp³-hybridized carbons (Fsp3) is 0.579. The van der Waals surface area contributed by atoms with E-state index in [-0.39, 0.29) is 12.5 Å². The Kier molecular flexibility index (Phi) is 6.45. The lowest BCUT2D eigenvalue weighted by Crippen LogP contribution is -2.33. The zero-order valence-electron chi connectivity index (χ0n) is 13.5. The van der Waals surface area contributed by atoms with E-state index in [4.69, 9.17) is 5.11 Å². The van der Waals surface area contributed by atoms with Crippen LogP contribution in [0.2, 0.25) is 0 Å². The summed E-state index contributed by atoms with van der Waals surface area (Å²) in [6.45, 7) is 4.25. The van der Waals surface area contributed by atoms with Crippen LogP contribution in [0, 0.1) is 17.8 Å². The van der Waals surface area contributed by atoms with E-state index in [1.54, 1.807) is 0 Å². The molecule has 1 unspecified atom stereocenters. The first-order valence-electron chi connectivity index (χ1n) is 8.32. The minimum atomic E-state index is -1.05. The Hall–Kier alpha value is -1.34. The van der Waals surface area contributed by atoms with Crippen molar-refractivity contribution in [3.05, 3.63) is 35.9 Å². The fourth-order valence-electron chi connectivity index (χ4n) is 3.22. The Bertz CT molecular complexity index is 499. The van der Waals surface area contributed by atoms with Crippen molar-refractivity contribution in [3.8, 4) is 11.8 Å². The van der Waals surface area contributed by atoms with Gasteiger partial charge in [0.25, 0.3) is 0 Å². The lowest BCUT2D eigenvalue weighted by molar-refractivity contribution is 0.0367. The van der Waals surface area contributed by atoms with E-state index in [0.29, 0.717) is 13.1 Å². The number of benzene rings is 1. The summed E-state index contributed by atoms with van der Waals surface area (Å²) in [6.07, 6.45) is 4.42. The molecule has 0 saturated heterocycles. The third-order valence-electron chi connectivity index (χ3n) is 4.60. The van der Waals surface area contributed by atoms with Crippen molar-refractivity contribution >= 4 is 0 Å². The van der Waals surface area contributed by atoms with Gasteiger partial charge in [-0.3, -0.25) is 4.90 Å². The van der Waals surface area contributed by atoms with Crippen LogP contribution in [-0.2, 0) is 5.60 Å². The molecule has 0 heterocycles. The quantitative estimate of drug-likeness (QED) is 0.793. The summed E-state index contributed by atoms with van der Waals surface area (Å²) in [5, 5.41) is 20.3. The predicted molar refractivity (Wildman–Crippen MR) is 89.3 cm³/mol. The van der Waals surface area contributed by atoms with Crippen molar-refractivity contribution in [2.24, 2.45) is 5.92 Å². The molecular formula is C19H27NO2. The summed E-state index contributed by atoms with van der Waals surface area (Å²) >= 11 is 0. The minimum Gasteiger partial charge on any atom is -0.395 e. The van der Waals surface area contributed by atoms with E-state index >= 15 is 0 Å². The molecule has 1 saturated carbocycles. The first kappa shape index (κ1) is 17.0. The van der Waals surface area contributed by atoms with Gasteiger partial charge in [0.2, 0.25) is 0 Å². The second-order valence-electron chi connectivity index (χ2n) is 6.01. The van der Waals surface area contributed by atoms with Crippen molar-refractivity contribution in [1.82, 2.24) is 4.90 Å². The molecule has 0 spiro atoms. The van der Waals surface area contributed by atoms with Gasteiger partial charge in [-0.2, -0.15) is 0 Å². The van der Waals surface area contributed by atoms with Crippen LogP contribution in [0.4, 0.5) is 0 Å². The smallest absolute Gasteiger partial charge is 0.153 e.